The second kappa shape index (κ2) is 7.94. The van der Waals surface area contributed by atoms with Crippen LogP contribution in [0.1, 0.15) is 22.4 Å². The highest BCUT2D eigenvalue weighted by Crippen LogP contribution is 2.22. The summed E-state index contributed by atoms with van der Waals surface area (Å²) in [4.78, 5) is 14.3. The second-order valence-corrected chi connectivity index (χ2v) is 7.55. The van der Waals surface area contributed by atoms with E-state index in [1.54, 1.807) is 0 Å². The average Bonchev–Trinajstić information content (AvgIpc) is 2.69. The Kier molecular flexibility index (Phi) is 5.21. The Labute approximate surface area is 165 Å². The van der Waals surface area contributed by atoms with E-state index >= 15 is 0 Å². The van der Waals surface area contributed by atoms with Gasteiger partial charge in [0.25, 0.3) is 5.95 Å². The van der Waals surface area contributed by atoms with Gasteiger partial charge in [0.05, 0.1) is 17.8 Å². The van der Waals surface area contributed by atoms with Crippen molar-refractivity contribution in [3.8, 4) is 0 Å². The molecule has 144 valence electrons. The lowest BCUT2D eigenvalue weighted by Crippen LogP contribution is -3.24. The number of guanidine groups is 1. The maximum Gasteiger partial charge on any atom is 0.359 e. The molecule has 2 heterocycles. The first kappa shape index (κ1) is 18.4. The molecule has 28 heavy (non-hydrogen) atoms. The molecule has 3 aromatic rings. The summed E-state index contributed by atoms with van der Waals surface area (Å²) in [6.07, 6.45) is 1.08. The fourth-order valence-corrected chi connectivity index (χ4v) is 3.68. The minimum absolute atomic E-state index is 0.625. The van der Waals surface area contributed by atoms with E-state index < -0.39 is 0 Å². The lowest BCUT2D eigenvalue weighted by Gasteiger charge is -2.20. The van der Waals surface area contributed by atoms with Crippen molar-refractivity contribution in [2.75, 3.05) is 25.2 Å². The van der Waals surface area contributed by atoms with Crippen molar-refractivity contribution < 1.29 is 9.89 Å². The summed E-state index contributed by atoms with van der Waals surface area (Å²) in [5.74, 6) is 1.49. The first-order valence-electron chi connectivity index (χ1n) is 9.83. The normalized spacial score (nSPS) is 16.5. The fraction of sp³-hybridized carbons (Fsp3) is 0.318. The molecule has 6 heteroatoms. The lowest BCUT2D eigenvalue weighted by molar-refractivity contribution is -0.980. The van der Waals surface area contributed by atoms with Crippen LogP contribution in [-0.2, 0) is 6.42 Å². The molecule has 0 spiro atoms. The molecule has 0 aliphatic carbocycles. The van der Waals surface area contributed by atoms with Gasteiger partial charge in [0.15, 0.2) is 13.3 Å². The number of nitrogens with one attached hydrogen (secondary N) is 4. The number of quaternary nitrogens is 1. The highest BCUT2D eigenvalue weighted by atomic mass is 15.4. The molecule has 0 saturated carbocycles. The zero-order valence-electron chi connectivity index (χ0n) is 16.8. The Balaban J connectivity index is 1.42. The Morgan fingerprint density at radius 3 is 2.68 bits per heavy atom. The number of benzene rings is 2. The van der Waals surface area contributed by atoms with Crippen LogP contribution in [0, 0.1) is 20.8 Å². The summed E-state index contributed by atoms with van der Waals surface area (Å²) >= 11 is 0. The van der Waals surface area contributed by atoms with Crippen molar-refractivity contribution in [1.82, 2.24) is 15.3 Å². The molecule has 1 unspecified atom stereocenters. The zero-order chi connectivity index (χ0) is 19.5. The standard InChI is InChI=1S/C22H26N6/c1-15-11-16(2)20-19(12-15)17(3)25-22(26-20)27-21-23-13-28(14-24-21)10-9-18-7-5-4-6-8-18/h4-8,11-12H,9-10,13-14H2,1-3H3,(H2,23,24,25,26,27)/p+2. The van der Waals surface area contributed by atoms with E-state index in [2.05, 4.69) is 76.9 Å². The summed E-state index contributed by atoms with van der Waals surface area (Å²) in [5, 5.41) is 7.85. The van der Waals surface area contributed by atoms with E-state index in [1.165, 1.54) is 21.6 Å². The van der Waals surface area contributed by atoms with Gasteiger partial charge in [0.2, 0.25) is 0 Å². The van der Waals surface area contributed by atoms with Crippen LogP contribution in [0.3, 0.4) is 0 Å². The van der Waals surface area contributed by atoms with Crippen molar-refractivity contribution in [3.05, 3.63) is 64.8 Å². The molecule has 0 fully saturated rings. The summed E-state index contributed by atoms with van der Waals surface area (Å²) in [6, 6.07) is 14.9. The second-order valence-electron chi connectivity index (χ2n) is 7.55. The maximum absolute atomic E-state index is 4.74. The van der Waals surface area contributed by atoms with Crippen molar-refractivity contribution in [2.45, 2.75) is 27.2 Å². The van der Waals surface area contributed by atoms with Gasteiger partial charge in [-0.15, -0.1) is 0 Å². The molecule has 4 N–H and O–H groups in total. The molecule has 1 aliphatic heterocycles. The number of rotatable bonds is 4. The predicted octanol–water partition coefficient (Wildman–Crippen LogP) is 0.0494. The lowest BCUT2D eigenvalue weighted by atomic mass is 10.1. The number of aryl methyl sites for hydroxylation is 3. The summed E-state index contributed by atoms with van der Waals surface area (Å²) < 4.78 is 0. The number of nitrogens with zero attached hydrogens (tertiary/aromatic N) is 2. The van der Waals surface area contributed by atoms with Crippen LogP contribution in [-0.4, -0.2) is 35.8 Å². The summed E-state index contributed by atoms with van der Waals surface area (Å²) in [6.45, 7) is 9.07. The zero-order valence-corrected chi connectivity index (χ0v) is 16.8. The van der Waals surface area contributed by atoms with Crippen LogP contribution in [0.5, 0.6) is 0 Å². The largest absolute Gasteiger partial charge is 0.359 e. The van der Waals surface area contributed by atoms with Crippen LogP contribution < -0.4 is 20.5 Å². The first-order valence-corrected chi connectivity index (χ1v) is 9.83. The topological polar surface area (TPSA) is 68.2 Å². The van der Waals surface area contributed by atoms with Gasteiger partial charge in [-0.2, -0.15) is 4.98 Å². The monoisotopic (exact) mass is 376 g/mol. The molecule has 0 bridgehead atoms. The molecule has 6 nitrogen and oxygen atoms in total. The van der Waals surface area contributed by atoms with Gasteiger partial charge in [-0.05, 0) is 38.0 Å². The molecule has 4 rings (SSSR count). The molecule has 0 radical (unpaired) electrons. The van der Waals surface area contributed by atoms with Crippen molar-refractivity contribution in [2.24, 2.45) is 0 Å². The molecular formula is C22H28N6+2. The third-order valence-corrected chi connectivity index (χ3v) is 5.20. The van der Waals surface area contributed by atoms with Gasteiger partial charge in [0, 0.05) is 11.8 Å². The minimum Gasteiger partial charge on any atom is -0.276 e. The van der Waals surface area contributed by atoms with E-state index in [-0.39, 0.29) is 0 Å². The summed E-state index contributed by atoms with van der Waals surface area (Å²) in [5.41, 5.74) is 5.79. The Hall–Kier alpha value is -2.99. The highest BCUT2D eigenvalue weighted by Gasteiger charge is 2.21. The van der Waals surface area contributed by atoms with E-state index in [0.29, 0.717) is 5.95 Å². The summed E-state index contributed by atoms with van der Waals surface area (Å²) in [7, 11) is 0. The van der Waals surface area contributed by atoms with Crippen LogP contribution in [0.25, 0.3) is 10.9 Å². The predicted molar refractivity (Wildman–Crippen MR) is 112 cm³/mol. The Morgan fingerprint density at radius 2 is 1.93 bits per heavy atom. The number of fused-ring (bicyclic) bond motifs is 1. The van der Waals surface area contributed by atoms with E-state index in [9.17, 15) is 0 Å². The van der Waals surface area contributed by atoms with E-state index in [4.69, 9.17) is 4.98 Å². The number of anilines is 1. The number of hydrogen-bond acceptors (Lipinski definition) is 4. The highest BCUT2D eigenvalue weighted by molar-refractivity contribution is 5.90. The van der Waals surface area contributed by atoms with E-state index in [1.807, 2.05) is 6.92 Å². The van der Waals surface area contributed by atoms with Crippen LogP contribution in [0.2, 0.25) is 0 Å². The minimum atomic E-state index is 0.625. The Bertz CT molecular complexity index is 1010. The van der Waals surface area contributed by atoms with Crippen LogP contribution in [0.4, 0.5) is 5.95 Å². The van der Waals surface area contributed by atoms with E-state index in [0.717, 1.165) is 48.9 Å². The van der Waals surface area contributed by atoms with Gasteiger partial charge in [-0.3, -0.25) is 4.90 Å². The van der Waals surface area contributed by atoms with Gasteiger partial charge in [-0.25, -0.2) is 20.6 Å². The SMILES string of the molecule is Cc1cc(C)c2nc(NC3=[NH+]C[NH+](CCc4ccccc4)CN3)nc(C)c2c1. The quantitative estimate of drug-likeness (QED) is 0.520. The van der Waals surface area contributed by atoms with Gasteiger partial charge in [-0.1, -0.05) is 42.0 Å². The number of hydrogen-bond donors (Lipinski definition) is 4. The van der Waals surface area contributed by atoms with Gasteiger partial charge in [0.1, 0.15) is 0 Å². The van der Waals surface area contributed by atoms with Crippen LogP contribution in [0.15, 0.2) is 42.5 Å². The van der Waals surface area contributed by atoms with Gasteiger partial charge < -0.3 is 0 Å². The fourth-order valence-electron chi connectivity index (χ4n) is 3.68. The number of aromatic nitrogens is 2. The van der Waals surface area contributed by atoms with Gasteiger partial charge >= 0.3 is 5.96 Å². The molecule has 0 saturated heterocycles. The molecule has 1 atom stereocenters. The molecule has 0 amide bonds. The molecule has 2 aromatic carbocycles. The van der Waals surface area contributed by atoms with Crippen molar-refractivity contribution >= 4 is 22.8 Å². The van der Waals surface area contributed by atoms with Crippen molar-refractivity contribution in [1.29, 1.82) is 0 Å². The first-order chi connectivity index (χ1) is 13.6. The molecule has 1 aromatic heterocycles. The van der Waals surface area contributed by atoms with Crippen molar-refractivity contribution in [3.63, 3.8) is 0 Å². The maximum atomic E-state index is 4.74. The molecular weight excluding hydrogens is 348 g/mol. The average molecular weight is 377 g/mol. The Morgan fingerprint density at radius 1 is 1.11 bits per heavy atom. The smallest absolute Gasteiger partial charge is 0.276 e. The van der Waals surface area contributed by atoms with Crippen LogP contribution >= 0.6 is 0 Å². The molecule has 1 aliphatic rings. The third-order valence-electron chi connectivity index (χ3n) is 5.20. The third kappa shape index (κ3) is 4.12.